The van der Waals surface area contributed by atoms with E-state index in [0.717, 1.165) is 42.8 Å². The van der Waals surface area contributed by atoms with Gasteiger partial charge in [-0.05, 0) is 74.6 Å². The lowest BCUT2D eigenvalue weighted by Crippen LogP contribution is -2.45. The van der Waals surface area contributed by atoms with Gasteiger partial charge in [0.1, 0.15) is 0 Å². The summed E-state index contributed by atoms with van der Waals surface area (Å²) in [5, 5.41) is 17.5. The van der Waals surface area contributed by atoms with Gasteiger partial charge in [-0.1, -0.05) is 31.2 Å². The lowest BCUT2D eigenvalue weighted by Gasteiger charge is -2.35. The molecule has 0 spiro atoms. The number of carbonyl (C=O) groups is 3. The molecule has 5 rings (SSSR count). The van der Waals surface area contributed by atoms with Crippen LogP contribution in [0.25, 0.3) is 11.3 Å². The number of anilines is 1. The number of nitrogens with zero attached hydrogens (tertiary/aromatic N) is 3. The summed E-state index contributed by atoms with van der Waals surface area (Å²) < 4.78 is 5.19. The van der Waals surface area contributed by atoms with Gasteiger partial charge in [-0.15, -0.1) is 0 Å². The third kappa shape index (κ3) is 8.72. The Morgan fingerprint density at radius 1 is 0.917 bits per heavy atom. The minimum absolute atomic E-state index is 0.0892. The summed E-state index contributed by atoms with van der Waals surface area (Å²) in [4.78, 5) is 51.5. The molecule has 2 heterocycles. The van der Waals surface area contributed by atoms with Crippen molar-refractivity contribution in [1.29, 1.82) is 0 Å². The number of hydrogen-bond acceptors (Lipinski definition) is 8. The molecule has 1 fully saturated rings. The number of benzene rings is 2. The number of aromatic nitrogens is 2. The summed E-state index contributed by atoms with van der Waals surface area (Å²) in [5.41, 5.74) is 6.00. The van der Waals surface area contributed by atoms with Crippen LogP contribution in [0.4, 0.5) is 5.82 Å². The molecular weight excluding hydrogens is 608 g/mol. The average Bonchev–Trinajstić information content (AvgIpc) is 3.10. The molecule has 2 unspecified atom stereocenters. The summed E-state index contributed by atoms with van der Waals surface area (Å²) in [6.45, 7) is 8.55. The van der Waals surface area contributed by atoms with Crippen molar-refractivity contribution in [3.8, 4) is 11.3 Å². The van der Waals surface area contributed by atoms with Crippen LogP contribution in [0.15, 0.2) is 78.3 Å². The maximum absolute atomic E-state index is 13.9. The van der Waals surface area contributed by atoms with Crippen molar-refractivity contribution in [2.75, 3.05) is 44.8 Å². The average molecular weight is 653 g/mol. The SMILES string of the molecule is Cc1ccc(-c2cnc(NC(=O)C3=CC(N4CCCCC4)=CC(C)C3NC(=O)c3cccc(C(=O)NCCOCCO)c3)cn2)cc1C. The Kier molecular flexibility index (Phi) is 11.7. The molecule has 1 saturated heterocycles. The lowest BCUT2D eigenvalue weighted by molar-refractivity contribution is -0.113. The molecule has 1 aliphatic heterocycles. The van der Waals surface area contributed by atoms with E-state index >= 15 is 0 Å². The van der Waals surface area contributed by atoms with E-state index in [1.54, 1.807) is 30.6 Å². The van der Waals surface area contributed by atoms with Crippen LogP contribution in [0.5, 0.6) is 0 Å². The van der Waals surface area contributed by atoms with Crippen molar-refractivity contribution in [3.63, 3.8) is 0 Å². The van der Waals surface area contributed by atoms with E-state index in [4.69, 9.17) is 9.84 Å². The fraction of sp³-hybridized carbons (Fsp3) is 0.378. The zero-order chi connectivity index (χ0) is 34.0. The van der Waals surface area contributed by atoms with Gasteiger partial charge in [-0.3, -0.25) is 19.4 Å². The second-order valence-corrected chi connectivity index (χ2v) is 12.3. The monoisotopic (exact) mass is 652 g/mol. The molecule has 2 aromatic carbocycles. The van der Waals surface area contributed by atoms with Gasteiger partial charge in [0.25, 0.3) is 17.7 Å². The smallest absolute Gasteiger partial charge is 0.254 e. The molecule has 2 aliphatic rings. The molecule has 1 aromatic heterocycles. The molecule has 0 bridgehead atoms. The van der Waals surface area contributed by atoms with Crippen molar-refractivity contribution in [3.05, 3.63) is 101 Å². The first-order valence-corrected chi connectivity index (χ1v) is 16.5. The summed E-state index contributed by atoms with van der Waals surface area (Å²) in [7, 11) is 0. The number of nitrogens with one attached hydrogen (secondary N) is 3. The molecule has 0 radical (unpaired) electrons. The Hall–Kier alpha value is -4.87. The van der Waals surface area contributed by atoms with Gasteiger partial charge in [-0.25, -0.2) is 4.98 Å². The second kappa shape index (κ2) is 16.3. The van der Waals surface area contributed by atoms with Gasteiger partial charge in [0.2, 0.25) is 0 Å². The van der Waals surface area contributed by atoms with Gasteiger partial charge in [-0.2, -0.15) is 0 Å². The van der Waals surface area contributed by atoms with E-state index in [0.29, 0.717) is 28.2 Å². The van der Waals surface area contributed by atoms with Crippen molar-refractivity contribution in [1.82, 2.24) is 25.5 Å². The number of aliphatic hydroxyl groups excluding tert-OH is 1. The van der Waals surface area contributed by atoms with Crippen LogP contribution in [0.2, 0.25) is 0 Å². The molecule has 1 aliphatic carbocycles. The minimum atomic E-state index is -0.630. The zero-order valence-electron chi connectivity index (χ0n) is 27.8. The van der Waals surface area contributed by atoms with Crippen LogP contribution in [-0.2, 0) is 9.53 Å². The summed E-state index contributed by atoms with van der Waals surface area (Å²) >= 11 is 0. The van der Waals surface area contributed by atoms with Crippen LogP contribution >= 0.6 is 0 Å². The standard InChI is InChI=1S/C37H44N6O5/c1-24-10-11-27(18-25(24)2)32-22-40-33(23-39-32)41-37(47)31-21-30(43-13-5-4-6-14-43)19-26(3)34(31)42-36(46)29-9-7-8-28(20-29)35(45)38-12-16-48-17-15-44/h7-11,18-23,26,34,44H,4-6,12-17H2,1-3H3,(H,38,45)(H,42,46)(H,40,41,47). The number of likely N-dealkylation sites (tertiary alicyclic amines) is 1. The first-order chi connectivity index (χ1) is 23.2. The first kappa shape index (κ1) is 34.5. The summed E-state index contributed by atoms with van der Waals surface area (Å²) in [6, 6.07) is 11.9. The summed E-state index contributed by atoms with van der Waals surface area (Å²) in [5.74, 6) is -1.01. The molecule has 2 atom stereocenters. The van der Waals surface area contributed by atoms with Crippen LogP contribution < -0.4 is 16.0 Å². The Morgan fingerprint density at radius 3 is 2.40 bits per heavy atom. The minimum Gasteiger partial charge on any atom is -0.394 e. The molecule has 48 heavy (non-hydrogen) atoms. The zero-order valence-corrected chi connectivity index (χ0v) is 27.8. The van der Waals surface area contributed by atoms with E-state index in [2.05, 4.69) is 56.8 Å². The predicted octanol–water partition coefficient (Wildman–Crippen LogP) is 4.18. The molecule has 252 valence electrons. The molecule has 3 amide bonds. The van der Waals surface area contributed by atoms with Gasteiger partial charge in [0, 0.05) is 53.5 Å². The molecule has 4 N–H and O–H groups in total. The molecular formula is C37H44N6O5. The van der Waals surface area contributed by atoms with Crippen LogP contribution in [-0.4, -0.2) is 83.2 Å². The number of allylic oxidation sites excluding steroid dienone is 1. The number of amides is 3. The van der Waals surface area contributed by atoms with Crippen molar-refractivity contribution in [2.45, 2.75) is 46.1 Å². The molecule has 11 nitrogen and oxygen atoms in total. The highest BCUT2D eigenvalue weighted by Crippen LogP contribution is 2.29. The fourth-order valence-corrected chi connectivity index (χ4v) is 5.87. The van der Waals surface area contributed by atoms with Crippen LogP contribution in [0.3, 0.4) is 0 Å². The molecule has 0 saturated carbocycles. The predicted molar refractivity (Wildman–Crippen MR) is 184 cm³/mol. The topological polar surface area (TPSA) is 146 Å². The molecule has 3 aromatic rings. The Morgan fingerprint density at radius 2 is 1.69 bits per heavy atom. The number of aliphatic hydroxyl groups is 1. The highest BCUT2D eigenvalue weighted by atomic mass is 16.5. The normalized spacial score (nSPS) is 17.6. The number of rotatable bonds is 12. The third-order valence-electron chi connectivity index (χ3n) is 8.72. The largest absolute Gasteiger partial charge is 0.394 e. The summed E-state index contributed by atoms with van der Waals surface area (Å²) in [6.07, 6.45) is 10.5. The van der Waals surface area contributed by atoms with E-state index in [9.17, 15) is 14.4 Å². The maximum Gasteiger partial charge on any atom is 0.254 e. The van der Waals surface area contributed by atoms with Crippen LogP contribution in [0, 0.1) is 19.8 Å². The Labute approximate surface area is 281 Å². The third-order valence-corrected chi connectivity index (χ3v) is 8.72. The first-order valence-electron chi connectivity index (χ1n) is 16.5. The van der Waals surface area contributed by atoms with Gasteiger partial charge in [0.15, 0.2) is 5.82 Å². The van der Waals surface area contributed by atoms with Gasteiger partial charge < -0.3 is 30.7 Å². The second-order valence-electron chi connectivity index (χ2n) is 12.3. The highest BCUT2D eigenvalue weighted by Gasteiger charge is 2.32. The van der Waals surface area contributed by atoms with Crippen molar-refractivity contribution < 1.29 is 24.2 Å². The van der Waals surface area contributed by atoms with Crippen molar-refractivity contribution >= 4 is 23.5 Å². The Balaban J connectivity index is 1.32. The number of aryl methyl sites for hydroxylation is 2. The molecule has 11 heteroatoms. The van der Waals surface area contributed by atoms with E-state index < -0.39 is 11.9 Å². The van der Waals surface area contributed by atoms with E-state index in [1.165, 1.54) is 18.1 Å². The number of ether oxygens (including phenoxy) is 1. The maximum atomic E-state index is 13.9. The Bertz CT molecular complexity index is 1680. The van der Waals surface area contributed by atoms with E-state index in [1.807, 2.05) is 25.1 Å². The quantitative estimate of drug-likeness (QED) is 0.213. The van der Waals surface area contributed by atoms with Crippen LogP contribution in [0.1, 0.15) is 58.0 Å². The van der Waals surface area contributed by atoms with Gasteiger partial charge >= 0.3 is 0 Å². The highest BCUT2D eigenvalue weighted by molar-refractivity contribution is 6.06. The number of piperidine rings is 1. The number of hydrogen-bond donors (Lipinski definition) is 4. The number of carbonyl (C=O) groups excluding carboxylic acids is 3. The van der Waals surface area contributed by atoms with Gasteiger partial charge in [0.05, 0.1) is 44.0 Å². The lowest BCUT2D eigenvalue weighted by atomic mass is 9.86. The fourth-order valence-electron chi connectivity index (χ4n) is 5.87. The van der Waals surface area contributed by atoms with E-state index in [-0.39, 0.29) is 44.1 Å². The van der Waals surface area contributed by atoms with Crippen molar-refractivity contribution in [2.24, 2.45) is 5.92 Å².